The van der Waals surface area contributed by atoms with E-state index >= 15 is 0 Å². The molecule has 0 amide bonds. The first-order valence-electron chi connectivity index (χ1n) is 4.67. The van der Waals surface area contributed by atoms with Crippen LogP contribution in [0.15, 0.2) is 0 Å². The van der Waals surface area contributed by atoms with Crippen molar-refractivity contribution in [1.82, 2.24) is 15.1 Å². The third-order valence-electron chi connectivity index (χ3n) is 1.80. The van der Waals surface area contributed by atoms with Crippen molar-refractivity contribution in [2.24, 2.45) is 0 Å². The normalized spacial score (nSPS) is 11.1. The number of anilines is 1. The van der Waals surface area contributed by atoms with Gasteiger partial charge in [-0.2, -0.15) is 0 Å². The van der Waals surface area contributed by atoms with Crippen LogP contribution in [0.1, 0.15) is 18.4 Å². The summed E-state index contributed by atoms with van der Waals surface area (Å²) in [4.78, 5) is 2.14. The number of aliphatic hydroxyl groups is 1. The van der Waals surface area contributed by atoms with Gasteiger partial charge in [0.2, 0.25) is 5.13 Å². The number of rotatable bonds is 6. The molecule has 80 valence electrons. The number of hydrogen-bond donors (Lipinski definition) is 2. The lowest BCUT2D eigenvalue weighted by atomic mass is 10.4. The van der Waals surface area contributed by atoms with Gasteiger partial charge in [0, 0.05) is 6.54 Å². The summed E-state index contributed by atoms with van der Waals surface area (Å²) in [7, 11) is 0. The number of aliphatic hydroxyl groups excluding tert-OH is 1. The molecule has 0 saturated heterocycles. The maximum Gasteiger partial charge on any atom is 0.203 e. The van der Waals surface area contributed by atoms with E-state index < -0.39 is 0 Å². The van der Waals surface area contributed by atoms with Crippen LogP contribution in [0, 0.1) is 0 Å². The van der Waals surface area contributed by atoms with Gasteiger partial charge in [-0.15, -0.1) is 10.2 Å². The zero-order valence-corrected chi connectivity index (χ0v) is 9.13. The van der Waals surface area contributed by atoms with Crippen molar-refractivity contribution in [3.8, 4) is 0 Å². The summed E-state index contributed by atoms with van der Waals surface area (Å²) in [6, 6.07) is 0. The first-order chi connectivity index (χ1) is 6.76. The van der Waals surface area contributed by atoms with Crippen molar-refractivity contribution < 1.29 is 5.11 Å². The average molecular weight is 216 g/mol. The van der Waals surface area contributed by atoms with Gasteiger partial charge in [-0.25, -0.2) is 0 Å². The quantitative estimate of drug-likeness (QED) is 0.716. The van der Waals surface area contributed by atoms with Crippen LogP contribution in [0.2, 0.25) is 0 Å². The second-order valence-corrected chi connectivity index (χ2v) is 4.13. The van der Waals surface area contributed by atoms with Gasteiger partial charge in [-0.3, -0.25) is 4.90 Å². The molecule has 1 aromatic rings. The number of nitrogens with two attached hydrogens (primary N) is 1. The molecule has 0 bridgehead atoms. The van der Waals surface area contributed by atoms with Crippen molar-refractivity contribution in [2.45, 2.75) is 19.9 Å². The predicted octanol–water partition coefficient (Wildman–Crippen LogP) is 0.325. The van der Waals surface area contributed by atoms with E-state index in [9.17, 15) is 0 Å². The molecule has 0 aliphatic rings. The maximum absolute atomic E-state index is 8.85. The molecule has 14 heavy (non-hydrogen) atoms. The Hall–Kier alpha value is -0.720. The molecule has 0 fully saturated rings. The Morgan fingerprint density at radius 2 is 2.21 bits per heavy atom. The van der Waals surface area contributed by atoms with Gasteiger partial charge in [0.1, 0.15) is 5.01 Å². The number of nitrogens with zero attached hydrogens (tertiary/aromatic N) is 3. The van der Waals surface area contributed by atoms with E-state index in [2.05, 4.69) is 22.0 Å². The van der Waals surface area contributed by atoms with Gasteiger partial charge in [0.15, 0.2) is 0 Å². The fraction of sp³-hybridized carbons (Fsp3) is 0.750. The third kappa shape index (κ3) is 3.57. The molecule has 0 atom stereocenters. The molecule has 6 heteroatoms. The Morgan fingerprint density at radius 1 is 1.43 bits per heavy atom. The number of hydrogen-bond acceptors (Lipinski definition) is 6. The van der Waals surface area contributed by atoms with E-state index in [0.717, 1.165) is 24.5 Å². The largest absolute Gasteiger partial charge is 0.395 e. The van der Waals surface area contributed by atoms with E-state index in [1.807, 2.05) is 0 Å². The van der Waals surface area contributed by atoms with Gasteiger partial charge in [-0.05, 0) is 13.0 Å². The summed E-state index contributed by atoms with van der Waals surface area (Å²) in [5.74, 6) is 0. The van der Waals surface area contributed by atoms with Crippen LogP contribution < -0.4 is 5.73 Å². The Kier molecular flexibility index (Phi) is 4.78. The van der Waals surface area contributed by atoms with E-state index in [1.165, 1.54) is 11.3 Å². The van der Waals surface area contributed by atoms with Crippen molar-refractivity contribution >= 4 is 16.5 Å². The fourth-order valence-electron chi connectivity index (χ4n) is 1.25. The van der Waals surface area contributed by atoms with Crippen LogP contribution in [0.25, 0.3) is 0 Å². The highest BCUT2D eigenvalue weighted by Crippen LogP contribution is 2.13. The molecule has 0 spiro atoms. The van der Waals surface area contributed by atoms with Crippen LogP contribution in [-0.4, -0.2) is 39.9 Å². The summed E-state index contributed by atoms with van der Waals surface area (Å²) in [6.07, 6.45) is 1.06. The lowest BCUT2D eigenvalue weighted by Crippen LogP contribution is -2.27. The zero-order chi connectivity index (χ0) is 10.4. The molecule has 0 aliphatic carbocycles. The van der Waals surface area contributed by atoms with Gasteiger partial charge in [0.05, 0.1) is 13.2 Å². The van der Waals surface area contributed by atoms with Gasteiger partial charge in [0.25, 0.3) is 0 Å². The van der Waals surface area contributed by atoms with Gasteiger partial charge in [-0.1, -0.05) is 18.3 Å². The fourth-order valence-corrected chi connectivity index (χ4v) is 1.90. The maximum atomic E-state index is 8.85. The van der Waals surface area contributed by atoms with Crippen LogP contribution in [-0.2, 0) is 6.54 Å². The molecule has 0 aromatic carbocycles. The minimum atomic E-state index is 0.175. The highest BCUT2D eigenvalue weighted by Gasteiger charge is 2.07. The van der Waals surface area contributed by atoms with Crippen molar-refractivity contribution in [3.63, 3.8) is 0 Å². The molecular weight excluding hydrogens is 200 g/mol. The highest BCUT2D eigenvalue weighted by molar-refractivity contribution is 7.15. The van der Waals surface area contributed by atoms with Crippen molar-refractivity contribution in [1.29, 1.82) is 0 Å². The minimum absolute atomic E-state index is 0.175. The van der Waals surface area contributed by atoms with Gasteiger partial charge >= 0.3 is 0 Å². The molecule has 1 aromatic heterocycles. The highest BCUT2D eigenvalue weighted by atomic mass is 32.1. The monoisotopic (exact) mass is 216 g/mol. The summed E-state index contributed by atoms with van der Waals surface area (Å²) in [5.41, 5.74) is 5.48. The van der Waals surface area contributed by atoms with Crippen molar-refractivity contribution in [3.05, 3.63) is 5.01 Å². The molecule has 5 nitrogen and oxygen atoms in total. The van der Waals surface area contributed by atoms with E-state index in [0.29, 0.717) is 11.7 Å². The second kappa shape index (κ2) is 5.90. The molecule has 0 unspecified atom stereocenters. The van der Waals surface area contributed by atoms with Crippen LogP contribution >= 0.6 is 11.3 Å². The Bertz CT molecular complexity index is 260. The molecule has 1 heterocycles. The van der Waals surface area contributed by atoms with E-state index in [1.54, 1.807) is 0 Å². The van der Waals surface area contributed by atoms with Crippen LogP contribution in [0.4, 0.5) is 5.13 Å². The molecule has 3 N–H and O–H groups in total. The lowest BCUT2D eigenvalue weighted by Gasteiger charge is -2.18. The predicted molar refractivity (Wildman–Crippen MR) is 57.0 cm³/mol. The molecule has 0 aliphatic heterocycles. The topological polar surface area (TPSA) is 75.3 Å². The second-order valence-electron chi connectivity index (χ2n) is 3.03. The average Bonchev–Trinajstić information content (AvgIpc) is 2.52. The molecule has 0 radical (unpaired) electrons. The van der Waals surface area contributed by atoms with Crippen LogP contribution in [0.3, 0.4) is 0 Å². The molecular formula is C8H16N4OS. The first kappa shape index (κ1) is 11.4. The van der Waals surface area contributed by atoms with Crippen molar-refractivity contribution in [2.75, 3.05) is 25.4 Å². The third-order valence-corrected chi connectivity index (χ3v) is 2.53. The molecule has 1 rings (SSSR count). The number of nitrogen functional groups attached to an aromatic ring is 1. The minimum Gasteiger partial charge on any atom is -0.395 e. The van der Waals surface area contributed by atoms with Crippen LogP contribution in [0.5, 0.6) is 0 Å². The Labute approximate surface area is 87.6 Å². The molecule has 0 saturated carbocycles. The summed E-state index contributed by atoms with van der Waals surface area (Å²) in [5, 5.41) is 17.9. The SMILES string of the molecule is CCCN(CCO)Cc1nnc(N)s1. The summed E-state index contributed by atoms with van der Waals surface area (Å²) < 4.78 is 0. The zero-order valence-electron chi connectivity index (χ0n) is 8.31. The summed E-state index contributed by atoms with van der Waals surface area (Å²) in [6.45, 7) is 4.64. The Balaban J connectivity index is 2.46. The Morgan fingerprint density at radius 3 is 2.71 bits per heavy atom. The van der Waals surface area contributed by atoms with E-state index in [-0.39, 0.29) is 6.61 Å². The standard InChI is InChI=1S/C8H16N4OS/c1-2-3-12(4-5-13)6-7-10-11-8(9)14-7/h13H,2-6H2,1H3,(H2,9,11). The lowest BCUT2D eigenvalue weighted by molar-refractivity contribution is 0.190. The number of aromatic nitrogens is 2. The first-order valence-corrected chi connectivity index (χ1v) is 5.49. The van der Waals surface area contributed by atoms with Gasteiger partial charge < -0.3 is 10.8 Å². The summed E-state index contributed by atoms with van der Waals surface area (Å²) >= 11 is 1.40. The smallest absolute Gasteiger partial charge is 0.203 e. The van der Waals surface area contributed by atoms with E-state index in [4.69, 9.17) is 10.8 Å².